The molecule has 2 heterocycles. The molecular weight excluding hydrogens is 340 g/mol. The van der Waals surface area contributed by atoms with Crippen LogP contribution in [0.1, 0.15) is 21.7 Å². The van der Waals surface area contributed by atoms with Gasteiger partial charge in [0.05, 0.1) is 0 Å². The van der Waals surface area contributed by atoms with Crippen molar-refractivity contribution in [2.24, 2.45) is 0 Å². The van der Waals surface area contributed by atoms with Gasteiger partial charge in [-0.15, -0.1) is 0 Å². The van der Waals surface area contributed by atoms with E-state index < -0.39 is 5.97 Å². The number of carbonyl (C=O) groups excluding carboxylic acids is 2. The van der Waals surface area contributed by atoms with Crippen molar-refractivity contribution < 1.29 is 14.3 Å². The number of benzene rings is 2. The number of ether oxygens (including phenoxy) is 1. The number of aromatic amines is 1. The number of nitrogens with one attached hydrogen (secondary N) is 1. The third kappa shape index (κ3) is 3.12. The van der Waals surface area contributed by atoms with E-state index in [1.54, 1.807) is 0 Å². The second-order valence-electron chi connectivity index (χ2n) is 6.69. The minimum absolute atomic E-state index is 0.0828. The Kier molecular flexibility index (Phi) is 4.28. The summed E-state index contributed by atoms with van der Waals surface area (Å²) in [4.78, 5) is 28.1. The molecule has 5 nitrogen and oxygen atoms in total. The maximum absolute atomic E-state index is 12.6. The van der Waals surface area contributed by atoms with E-state index in [0.717, 1.165) is 33.2 Å². The summed E-state index contributed by atoms with van der Waals surface area (Å²) in [5, 5.41) is 1.93. The fourth-order valence-electron chi connectivity index (χ4n) is 3.59. The fraction of sp³-hybridized carbons (Fsp3) is 0.182. The molecule has 5 heteroatoms. The first-order valence-electron chi connectivity index (χ1n) is 8.85. The number of hydrogen-bond acceptors (Lipinski definition) is 3. The molecule has 0 bridgehead atoms. The Morgan fingerprint density at radius 3 is 2.63 bits per heavy atom. The molecule has 0 unspecified atom stereocenters. The van der Waals surface area contributed by atoms with Gasteiger partial charge in [0.1, 0.15) is 6.54 Å². The standard InChI is InChI=1S/C22H20N2O3/c1-14-11-16-7-3-6-10-19(16)24(14)12-21(26)27-13-20(25)22-15(2)23-18-9-5-4-8-17(18)22/h3-11,23H,12-13H2,1-2H3. The SMILES string of the molecule is Cc1[nH]c2ccccc2c1C(=O)COC(=O)Cn1c(C)cc2ccccc21. The van der Waals surface area contributed by atoms with E-state index in [1.165, 1.54) is 0 Å². The Bertz CT molecular complexity index is 1170. The summed E-state index contributed by atoms with van der Waals surface area (Å²) in [6, 6.07) is 17.5. The summed E-state index contributed by atoms with van der Waals surface area (Å²) < 4.78 is 7.19. The van der Waals surface area contributed by atoms with Crippen LogP contribution in [0.3, 0.4) is 0 Å². The second kappa shape index (κ2) is 6.76. The van der Waals surface area contributed by atoms with Crippen LogP contribution in [-0.2, 0) is 16.1 Å². The highest BCUT2D eigenvalue weighted by molar-refractivity contribution is 6.10. The molecule has 0 aliphatic carbocycles. The molecule has 0 saturated heterocycles. The van der Waals surface area contributed by atoms with Gasteiger partial charge >= 0.3 is 5.97 Å². The molecule has 0 amide bonds. The largest absolute Gasteiger partial charge is 0.456 e. The zero-order valence-corrected chi connectivity index (χ0v) is 15.3. The summed E-state index contributed by atoms with van der Waals surface area (Å²) in [5.74, 6) is -0.627. The molecule has 1 N–H and O–H groups in total. The highest BCUT2D eigenvalue weighted by Crippen LogP contribution is 2.22. The van der Waals surface area contributed by atoms with Gasteiger partial charge in [0.15, 0.2) is 6.61 Å². The molecule has 2 aromatic carbocycles. The van der Waals surface area contributed by atoms with Crippen LogP contribution in [-0.4, -0.2) is 27.9 Å². The van der Waals surface area contributed by atoms with Gasteiger partial charge in [-0.25, -0.2) is 0 Å². The number of aromatic nitrogens is 2. The lowest BCUT2D eigenvalue weighted by molar-refractivity contribution is -0.143. The number of carbonyl (C=O) groups is 2. The zero-order valence-electron chi connectivity index (χ0n) is 15.3. The maximum atomic E-state index is 12.6. The first-order valence-corrected chi connectivity index (χ1v) is 8.85. The predicted octanol–water partition coefficient (Wildman–Crippen LogP) is 4.17. The lowest BCUT2D eigenvalue weighted by Gasteiger charge is -2.09. The minimum atomic E-state index is -0.426. The molecule has 136 valence electrons. The highest BCUT2D eigenvalue weighted by Gasteiger charge is 2.18. The molecule has 0 aliphatic rings. The summed E-state index contributed by atoms with van der Waals surface area (Å²) in [5.41, 5.74) is 4.22. The first-order chi connectivity index (χ1) is 13.0. The fourth-order valence-corrected chi connectivity index (χ4v) is 3.59. The van der Waals surface area contributed by atoms with Crippen molar-refractivity contribution in [1.29, 1.82) is 0 Å². The zero-order chi connectivity index (χ0) is 19.0. The number of nitrogens with zero attached hydrogens (tertiary/aromatic N) is 1. The minimum Gasteiger partial charge on any atom is -0.456 e. The van der Waals surface area contributed by atoms with Crippen molar-refractivity contribution in [3.05, 3.63) is 71.5 Å². The molecule has 0 saturated carbocycles. The van der Waals surface area contributed by atoms with E-state index in [9.17, 15) is 9.59 Å². The Morgan fingerprint density at radius 2 is 1.78 bits per heavy atom. The number of H-pyrrole nitrogens is 1. The Balaban J connectivity index is 1.48. The van der Waals surface area contributed by atoms with Gasteiger partial charge in [-0.1, -0.05) is 36.4 Å². The van der Waals surface area contributed by atoms with Crippen molar-refractivity contribution in [3.8, 4) is 0 Å². The summed E-state index contributed by atoms with van der Waals surface area (Å²) in [6.07, 6.45) is 0. The number of rotatable bonds is 5. The molecule has 2 aromatic heterocycles. The number of para-hydroxylation sites is 2. The van der Waals surface area contributed by atoms with E-state index in [4.69, 9.17) is 4.74 Å². The molecule has 0 fully saturated rings. The molecular formula is C22H20N2O3. The molecule has 0 aliphatic heterocycles. The Labute approximate surface area is 156 Å². The number of esters is 1. The van der Waals surface area contributed by atoms with Gasteiger partial charge in [0, 0.05) is 33.4 Å². The molecule has 0 radical (unpaired) electrons. The molecule has 0 spiro atoms. The van der Waals surface area contributed by atoms with Crippen LogP contribution in [0.2, 0.25) is 0 Å². The van der Waals surface area contributed by atoms with E-state index in [0.29, 0.717) is 5.56 Å². The van der Waals surface area contributed by atoms with E-state index in [-0.39, 0.29) is 18.9 Å². The summed E-state index contributed by atoms with van der Waals surface area (Å²) >= 11 is 0. The van der Waals surface area contributed by atoms with Crippen molar-refractivity contribution in [3.63, 3.8) is 0 Å². The van der Waals surface area contributed by atoms with Crippen LogP contribution >= 0.6 is 0 Å². The molecule has 4 rings (SSSR count). The third-order valence-corrected chi connectivity index (χ3v) is 4.84. The Morgan fingerprint density at radius 1 is 1.04 bits per heavy atom. The van der Waals surface area contributed by atoms with E-state index in [1.807, 2.05) is 73.0 Å². The van der Waals surface area contributed by atoms with Crippen molar-refractivity contribution in [1.82, 2.24) is 9.55 Å². The summed E-state index contributed by atoms with van der Waals surface area (Å²) in [7, 11) is 0. The monoisotopic (exact) mass is 360 g/mol. The van der Waals surface area contributed by atoms with Crippen molar-refractivity contribution >= 4 is 33.6 Å². The van der Waals surface area contributed by atoms with Crippen molar-refractivity contribution in [2.45, 2.75) is 20.4 Å². The van der Waals surface area contributed by atoms with Crippen LogP contribution < -0.4 is 0 Å². The lowest BCUT2D eigenvalue weighted by atomic mass is 10.1. The van der Waals surface area contributed by atoms with Gasteiger partial charge < -0.3 is 14.3 Å². The maximum Gasteiger partial charge on any atom is 0.326 e. The van der Waals surface area contributed by atoms with Gasteiger partial charge in [-0.2, -0.15) is 0 Å². The number of Topliss-reactive ketones (excluding diaryl/α,β-unsaturated/α-hetero) is 1. The van der Waals surface area contributed by atoms with Gasteiger partial charge in [0.2, 0.25) is 5.78 Å². The predicted molar refractivity (Wildman–Crippen MR) is 105 cm³/mol. The average molecular weight is 360 g/mol. The highest BCUT2D eigenvalue weighted by atomic mass is 16.5. The van der Waals surface area contributed by atoms with Gasteiger partial charge in [0.25, 0.3) is 0 Å². The van der Waals surface area contributed by atoms with Crippen LogP contribution in [0.5, 0.6) is 0 Å². The number of fused-ring (bicyclic) bond motifs is 2. The van der Waals surface area contributed by atoms with Crippen LogP contribution in [0.15, 0.2) is 54.6 Å². The quantitative estimate of drug-likeness (QED) is 0.429. The van der Waals surface area contributed by atoms with E-state index >= 15 is 0 Å². The number of ketones is 1. The molecule has 0 atom stereocenters. The van der Waals surface area contributed by atoms with Crippen LogP contribution in [0.4, 0.5) is 0 Å². The average Bonchev–Trinajstić information content (AvgIpc) is 3.16. The van der Waals surface area contributed by atoms with E-state index in [2.05, 4.69) is 4.98 Å². The van der Waals surface area contributed by atoms with Gasteiger partial charge in [-0.3, -0.25) is 9.59 Å². The third-order valence-electron chi connectivity index (χ3n) is 4.84. The number of aryl methyl sites for hydroxylation is 2. The van der Waals surface area contributed by atoms with Crippen molar-refractivity contribution in [2.75, 3.05) is 6.61 Å². The second-order valence-corrected chi connectivity index (χ2v) is 6.69. The summed E-state index contributed by atoms with van der Waals surface area (Å²) in [6.45, 7) is 3.62. The van der Waals surface area contributed by atoms with Crippen LogP contribution in [0.25, 0.3) is 21.8 Å². The van der Waals surface area contributed by atoms with Crippen LogP contribution in [0, 0.1) is 13.8 Å². The topological polar surface area (TPSA) is 64.1 Å². The van der Waals surface area contributed by atoms with Gasteiger partial charge in [-0.05, 0) is 37.4 Å². The number of hydrogen-bond donors (Lipinski definition) is 1. The normalized spacial score (nSPS) is 11.2. The Hall–Kier alpha value is -3.34. The smallest absolute Gasteiger partial charge is 0.326 e. The molecule has 4 aromatic rings. The molecule has 27 heavy (non-hydrogen) atoms. The first kappa shape index (κ1) is 17.1. The lowest BCUT2D eigenvalue weighted by Crippen LogP contribution is -2.19.